The molecule has 216 valence electrons. The number of rotatable bonds is 2. The topological polar surface area (TPSA) is 178 Å². The summed E-state index contributed by atoms with van der Waals surface area (Å²) >= 11 is 0. The lowest BCUT2D eigenvalue weighted by molar-refractivity contribution is 0.333. The Morgan fingerprint density at radius 3 is 1.38 bits per heavy atom. The van der Waals surface area contributed by atoms with Gasteiger partial charge in [-0.25, -0.2) is 29.9 Å². The number of fused-ring (bicyclic) bond motifs is 20. The number of nitrogens with one attached hydrogen (secondary N) is 2. The van der Waals surface area contributed by atoms with Crippen molar-refractivity contribution in [1.29, 1.82) is 0 Å². The molecule has 0 saturated heterocycles. The summed E-state index contributed by atoms with van der Waals surface area (Å²) in [4.78, 5) is 35.8. The van der Waals surface area contributed by atoms with Crippen molar-refractivity contribution < 1.29 is 12.7 Å². The van der Waals surface area contributed by atoms with Crippen LogP contribution in [0.2, 0.25) is 0 Å². The predicted octanol–water partition coefficient (Wildman–Crippen LogP) is 5.45. The van der Waals surface area contributed by atoms with Crippen molar-refractivity contribution in [3.63, 3.8) is 0 Å². The van der Waals surface area contributed by atoms with Crippen LogP contribution in [0.5, 0.6) is 0 Å². The first-order valence-electron chi connectivity index (χ1n) is 13.8. The summed E-state index contributed by atoms with van der Waals surface area (Å²) in [5.74, 6) is 6.86. The van der Waals surface area contributed by atoms with Crippen LogP contribution >= 0.6 is 0 Å². The van der Waals surface area contributed by atoms with Gasteiger partial charge in [-0.05, 0) is 6.07 Å². The smallest absolute Gasteiger partial charge is 0.313 e. The molecule has 4 N–H and O–H groups in total. The second-order valence-electron chi connectivity index (χ2n) is 10.5. The van der Waals surface area contributed by atoms with Crippen molar-refractivity contribution in [3.05, 3.63) is 91.0 Å². The molecule has 5 heterocycles. The predicted molar refractivity (Wildman–Crippen MR) is 169 cm³/mol. The van der Waals surface area contributed by atoms with Crippen LogP contribution in [-0.2, 0) is 14.4 Å². The van der Waals surface area contributed by atoms with Gasteiger partial charge in [0.1, 0.15) is 27.5 Å². The summed E-state index contributed by atoms with van der Waals surface area (Å²) in [5.41, 5.74) is 4.78. The summed E-state index contributed by atoms with van der Waals surface area (Å²) in [5, 5.41) is 2.46. The normalized spacial score (nSPS) is 12.4. The molecule has 0 amide bonds. The number of hydrogen-bond donors (Lipinski definition) is 3. The highest BCUT2D eigenvalue weighted by Gasteiger charge is 2.25. The number of H-pyrrole nitrogens is 2. The van der Waals surface area contributed by atoms with E-state index in [1.54, 1.807) is 12.1 Å². The zero-order chi connectivity index (χ0) is 30.3. The molecule has 2 aliphatic rings. The van der Waals surface area contributed by atoms with E-state index in [4.69, 9.17) is 35.8 Å². The molecule has 0 spiro atoms. The van der Waals surface area contributed by atoms with Gasteiger partial charge in [0.15, 0.2) is 23.3 Å². The molecule has 9 rings (SSSR count). The molecule has 3 aromatic heterocycles. The van der Waals surface area contributed by atoms with Crippen molar-refractivity contribution in [2.24, 2.45) is 5.90 Å². The third kappa shape index (κ3) is 3.82. The Labute approximate surface area is 253 Å². The lowest BCUT2D eigenvalue weighted by atomic mass is 10.1. The monoisotopic (exact) mass is 609 g/mol. The third-order valence-electron chi connectivity index (χ3n) is 7.94. The Bertz CT molecular complexity index is 2680. The van der Waals surface area contributed by atoms with Crippen LogP contribution < -0.4 is 5.90 Å². The fourth-order valence-corrected chi connectivity index (χ4v) is 6.72. The number of benzene rings is 4. The average Bonchev–Trinajstić information content (AvgIpc) is 3.80. The highest BCUT2D eigenvalue weighted by molar-refractivity contribution is 7.87. The van der Waals surface area contributed by atoms with E-state index in [9.17, 15) is 8.42 Å². The van der Waals surface area contributed by atoms with Gasteiger partial charge in [0.05, 0.1) is 0 Å². The van der Waals surface area contributed by atoms with Crippen molar-refractivity contribution in [2.75, 3.05) is 0 Å². The van der Waals surface area contributed by atoms with E-state index in [-0.39, 0.29) is 15.9 Å². The van der Waals surface area contributed by atoms with Gasteiger partial charge in [-0.15, -0.1) is 0 Å². The van der Waals surface area contributed by atoms with Gasteiger partial charge in [0.25, 0.3) is 0 Å². The maximum Gasteiger partial charge on any atom is 0.313 e. The van der Waals surface area contributed by atoms with Gasteiger partial charge >= 0.3 is 10.1 Å². The highest BCUT2D eigenvalue weighted by atomic mass is 32.2. The zero-order valence-electron chi connectivity index (χ0n) is 23.1. The maximum absolute atomic E-state index is 13.0. The lowest BCUT2D eigenvalue weighted by Crippen LogP contribution is -2.11. The molecular weight excluding hydrogens is 590 g/mol. The molecular formula is C32H19N9O3S. The van der Waals surface area contributed by atoms with E-state index in [0.29, 0.717) is 45.6 Å². The molecule has 2 aliphatic heterocycles. The largest absolute Gasteiger partial charge is 0.324 e. The van der Waals surface area contributed by atoms with Gasteiger partial charge in [-0.1, -0.05) is 84.9 Å². The Balaban J connectivity index is 1.52. The van der Waals surface area contributed by atoms with Gasteiger partial charge in [-0.3, -0.25) is 0 Å². The van der Waals surface area contributed by atoms with E-state index in [1.807, 2.05) is 72.8 Å². The number of aromatic nitrogens is 8. The fourth-order valence-electron chi connectivity index (χ4n) is 5.92. The standard InChI is InChI=1S/C32H19N9O3S/c33-44-45(42,43)23-15-7-14-22-24(23)32-40-30-21-13-6-5-12-20(21)28(38-30)36-26-17-9-2-1-8-16(17)25(34-26)35-27-18-10-3-4-11-19(18)29(37-27)39-31(22)41-32/h1-15H,33H2,(H2,34,35,36,37,38,39,40,41). The average molecular weight is 610 g/mol. The van der Waals surface area contributed by atoms with E-state index >= 15 is 0 Å². The maximum atomic E-state index is 13.0. The van der Waals surface area contributed by atoms with Crippen molar-refractivity contribution in [3.8, 4) is 45.6 Å². The van der Waals surface area contributed by atoms with Crippen LogP contribution in [0.15, 0.2) is 95.9 Å². The lowest BCUT2D eigenvalue weighted by Gasteiger charge is -2.02. The Morgan fingerprint density at radius 2 is 0.889 bits per heavy atom. The zero-order valence-corrected chi connectivity index (χ0v) is 23.9. The Hall–Kier alpha value is -5.89. The molecule has 13 heteroatoms. The second-order valence-corrected chi connectivity index (χ2v) is 12.0. The molecule has 0 radical (unpaired) electrons. The van der Waals surface area contributed by atoms with E-state index in [1.165, 1.54) is 6.07 Å². The van der Waals surface area contributed by atoms with Crippen LogP contribution in [0.1, 0.15) is 0 Å². The summed E-state index contributed by atoms with van der Waals surface area (Å²) in [6, 6.07) is 27.8. The van der Waals surface area contributed by atoms with Crippen molar-refractivity contribution in [1.82, 2.24) is 39.9 Å². The van der Waals surface area contributed by atoms with Gasteiger partial charge in [0, 0.05) is 43.8 Å². The minimum atomic E-state index is -4.33. The molecule has 45 heavy (non-hydrogen) atoms. The van der Waals surface area contributed by atoms with Crippen LogP contribution in [0, 0.1) is 0 Å². The molecule has 0 saturated carbocycles. The molecule has 7 aromatic rings. The Kier molecular flexibility index (Phi) is 5.29. The first kappa shape index (κ1) is 25.6. The second kappa shape index (κ2) is 9.30. The number of aromatic amines is 2. The third-order valence-corrected chi connectivity index (χ3v) is 9.07. The summed E-state index contributed by atoms with van der Waals surface area (Å²) < 4.78 is 30.4. The summed E-state index contributed by atoms with van der Waals surface area (Å²) in [7, 11) is -4.33. The molecule has 0 atom stereocenters. The molecule has 12 nitrogen and oxygen atoms in total. The SMILES string of the molecule is NOS(=O)(=O)c1cccc2c3nc4nc(nc5[nH]c(nc6nc(nc([nH]3)c12)-c1ccccc1-6)c1ccccc51)-c1ccccc1-4. The molecule has 0 fully saturated rings. The Morgan fingerprint density at radius 1 is 0.489 bits per heavy atom. The quantitative estimate of drug-likeness (QED) is 0.213. The summed E-state index contributed by atoms with van der Waals surface area (Å²) in [6.07, 6.45) is 0. The van der Waals surface area contributed by atoms with E-state index in [2.05, 4.69) is 14.3 Å². The fraction of sp³-hybridized carbons (Fsp3) is 0. The highest BCUT2D eigenvalue weighted by Crippen LogP contribution is 2.37. The molecule has 0 aliphatic carbocycles. The van der Waals surface area contributed by atoms with Crippen LogP contribution in [0.25, 0.3) is 89.7 Å². The number of hydrogen-bond acceptors (Lipinski definition) is 10. The summed E-state index contributed by atoms with van der Waals surface area (Å²) in [6.45, 7) is 0. The first-order chi connectivity index (χ1) is 22.0. The van der Waals surface area contributed by atoms with Crippen LogP contribution in [0.4, 0.5) is 0 Å². The minimum Gasteiger partial charge on any atom is -0.324 e. The number of nitrogens with zero attached hydrogens (tertiary/aromatic N) is 6. The van der Waals surface area contributed by atoms with Gasteiger partial charge in [0.2, 0.25) is 0 Å². The minimum absolute atomic E-state index is 0.168. The van der Waals surface area contributed by atoms with Gasteiger partial charge in [-0.2, -0.15) is 18.6 Å². The van der Waals surface area contributed by atoms with Gasteiger partial charge < -0.3 is 9.97 Å². The van der Waals surface area contributed by atoms with Crippen molar-refractivity contribution >= 4 is 54.3 Å². The van der Waals surface area contributed by atoms with E-state index in [0.717, 1.165) is 33.0 Å². The number of nitrogens with two attached hydrogens (primary N) is 1. The molecule has 4 aromatic carbocycles. The molecule has 0 unspecified atom stereocenters. The van der Waals surface area contributed by atoms with Crippen molar-refractivity contribution in [2.45, 2.75) is 4.90 Å². The first-order valence-corrected chi connectivity index (χ1v) is 15.3. The van der Waals surface area contributed by atoms with Crippen LogP contribution in [0.3, 0.4) is 0 Å². The molecule has 8 bridgehead atoms. The van der Waals surface area contributed by atoms with Crippen LogP contribution in [-0.4, -0.2) is 48.3 Å². The van der Waals surface area contributed by atoms with E-state index < -0.39 is 10.1 Å².